The monoisotopic (exact) mass is 326 g/mol. The zero-order chi connectivity index (χ0) is 16.2. The van der Waals surface area contributed by atoms with Crippen molar-refractivity contribution in [2.24, 2.45) is 0 Å². The Bertz CT molecular complexity index is 777. The lowest BCUT2D eigenvalue weighted by molar-refractivity contribution is 0.0951. The number of hydrogen-bond acceptors (Lipinski definition) is 4. The first-order chi connectivity index (χ1) is 11.1. The number of carbonyl (C=O) groups excluding carboxylic acids is 1. The number of hydrogen-bond donors (Lipinski definition) is 2. The van der Waals surface area contributed by atoms with Crippen LogP contribution in [0.5, 0.6) is 0 Å². The number of H-pyrrole nitrogens is 1. The van der Waals surface area contributed by atoms with E-state index in [4.69, 9.17) is 0 Å². The molecule has 0 radical (unpaired) electrons. The van der Waals surface area contributed by atoms with Gasteiger partial charge in [-0.1, -0.05) is 19.1 Å². The van der Waals surface area contributed by atoms with E-state index in [1.165, 1.54) is 0 Å². The van der Waals surface area contributed by atoms with Crippen LogP contribution in [-0.4, -0.2) is 27.4 Å². The highest BCUT2D eigenvalue weighted by atomic mass is 32.1. The van der Waals surface area contributed by atoms with Crippen molar-refractivity contribution >= 4 is 17.2 Å². The Morgan fingerprint density at radius 2 is 2.13 bits per heavy atom. The van der Waals surface area contributed by atoms with E-state index in [0.29, 0.717) is 12.1 Å². The maximum absolute atomic E-state index is 12.2. The first-order valence-corrected chi connectivity index (χ1v) is 8.31. The van der Waals surface area contributed by atoms with Gasteiger partial charge in [-0.2, -0.15) is 0 Å². The van der Waals surface area contributed by atoms with Crippen molar-refractivity contribution in [3.05, 3.63) is 59.1 Å². The molecule has 6 heteroatoms. The first kappa shape index (κ1) is 15.4. The Morgan fingerprint density at radius 3 is 2.74 bits per heavy atom. The van der Waals surface area contributed by atoms with Crippen molar-refractivity contribution < 1.29 is 4.79 Å². The lowest BCUT2D eigenvalue weighted by Crippen LogP contribution is -2.27. The first-order valence-electron chi connectivity index (χ1n) is 7.43. The molecule has 0 spiro atoms. The molecule has 118 valence electrons. The maximum Gasteiger partial charge on any atom is 0.251 e. The van der Waals surface area contributed by atoms with Crippen molar-refractivity contribution in [3.8, 4) is 10.6 Å². The van der Waals surface area contributed by atoms with Gasteiger partial charge in [-0.05, 0) is 19.1 Å². The summed E-state index contributed by atoms with van der Waals surface area (Å²) >= 11 is 1.61. The Hall–Kier alpha value is -2.47. The second kappa shape index (κ2) is 6.75. The Morgan fingerprint density at radius 1 is 1.35 bits per heavy atom. The van der Waals surface area contributed by atoms with E-state index in [0.717, 1.165) is 22.1 Å². The van der Waals surface area contributed by atoms with Crippen LogP contribution in [0.4, 0.5) is 0 Å². The summed E-state index contributed by atoms with van der Waals surface area (Å²) in [6, 6.07) is 7.53. The molecule has 1 atom stereocenters. The summed E-state index contributed by atoms with van der Waals surface area (Å²) in [5.74, 6) is 0.941. The van der Waals surface area contributed by atoms with Crippen LogP contribution < -0.4 is 5.32 Å². The van der Waals surface area contributed by atoms with Gasteiger partial charge in [0.15, 0.2) is 0 Å². The van der Waals surface area contributed by atoms with E-state index >= 15 is 0 Å². The second-order valence-corrected chi connectivity index (χ2v) is 6.31. The second-order valence-electron chi connectivity index (χ2n) is 5.46. The van der Waals surface area contributed by atoms with Crippen LogP contribution in [0, 0.1) is 6.92 Å². The number of rotatable bonds is 5. The van der Waals surface area contributed by atoms with E-state index in [1.807, 2.05) is 43.5 Å². The molecule has 1 unspecified atom stereocenters. The molecule has 0 fully saturated rings. The van der Waals surface area contributed by atoms with Crippen LogP contribution in [0.25, 0.3) is 10.6 Å². The van der Waals surface area contributed by atoms with Crippen molar-refractivity contribution in [3.63, 3.8) is 0 Å². The molecule has 0 aliphatic heterocycles. The molecule has 0 saturated heterocycles. The summed E-state index contributed by atoms with van der Waals surface area (Å²) in [6.07, 6.45) is 3.50. The van der Waals surface area contributed by atoms with E-state index in [2.05, 4.69) is 20.3 Å². The molecule has 1 aromatic carbocycles. The summed E-state index contributed by atoms with van der Waals surface area (Å²) in [5, 5.41) is 5.93. The number of carbonyl (C=O) groups is 1. The van der Waals surface area contributed by atoms with Gasteiger partial charge < -0.3 is 10.3 Å². The van der Waals surface area contributed by atoms with Crippen LogP contribution in [0.1, 0.15) is 34.7 Å². The minimum atomic E-state index is -0.0784. The van der Waals surface area contributed by atoms with Crippen molar-refractivity contribution in [1.82, 2.24) is 20.3 Å². The number of thiazole rings is 1. The van der Waals surface area contributed by atoms with Crippen molar-refractivity contribution in [1.29, 1.82) is 0 Å². The third kappa shape index (κ3) is 3.65. The number of aryl methyl sites for hydroxylation is 1. The smallest absolute Gasteiger partial charge is 0.251 e. The van der Waals surface area contributed by atoms with E-state index in [-0.39, 0.29) is 11.8 Å². The molecule has 1 amide bonds. The largest absolute Gasteiger partial charge is 0.351 e. The van der Waals surface area contributed by atoms with Gasteiger partial charge in [0.25, 0.3) is 5.91 Å². The van der Waals surface area contributed by atoms with E-state index in [9.17, 15) is 4.79 Å². The van der Waals surface area contributed by atoms with Crippen molar-refractivity contribution in [2.75, 3.05) is 6.54 Å². The third-order valence-corrected chi connectivity index (χ3v) is 4.58. The molecular weight excluding hydrogens is 308 g/mol. The summed E-state index contributed by atoms with van der Waals surface area (Å²) < 4.78 is 0. The van der Waals surface area contributed by atoms with Gasteiger partial charge in [-0.3, -0.25) is 4.79 Å². The van der Waals surface area contributed by atoms with Gasteiger partial charge in [-0.25, -0.2) is 9.97 Å². The molecule has 0 aliphatic rings. The minimum absolute atomic E-state index is 0.0784. The molecule has 2 aromatic heterocycles. The molecule has 3 rings (SSSR count). The molecule has 23 heavy (non-hydrogen) atoms. The Labute approximate surface area is 138 Å². The molecular formula is C17H18N4OS. The highest BCUT2D eigenvalue weighted by Gasteiger charge is 2.11. The highest BCUT2D eigenvalue weighted by molar-refractivity contribution is 7.13. The molecule has 3 aromatic rings. The lowest BCUT2D eigenvalue weighted by Gasteiger charge is -2.10. The van der Waals surface area contributed by atoms with Gasteiger partial charge in [0.2, 0.25) is 0 Å². The fourth-order valence-corrected chi connectivity index (χ4v) is 3.05. The van der Waals surface area contributed by atoms with Crippen LogP contribution >= 0.6 is 11.3 Å². The van der Waals surface area contributed by atoms with Gasteiger partial charge in [0.05, 0.1) is 0 Å². The number of benzene rings is 1. The third-order valence-electron chi connectivity index (χ3n) is 3.57. The highest BCUT2D eigenvalue weighted by Crippen LogP contribution is 2.23. The summed E-state index contributed by atoms with van der Waals surface area (Å²) in [4.78, 5) is 23.9. The number of amides is 1. The van der Waals surface area contributed by atoms with E-state index in [1.54, 1.807) is 23.7 Å². The Kier molecular flexibility index (Phi) is 4.52. The number of aromatic amines is 1. The van der Waals surface area contributed by atoms with Crippen LogP contribution in [-0.2, 0) is 0 Å². The van der Waals surface area contributed by atoms with Gasteiger partial charge in [0.1, 0.15) is 10.8 Å². The van der Waals surface area contributed by atoms with Crippen LogP contribution in [0.2, 0.25) is 0 Å². The summed E-state index contributed by atoms with van der Waals surface area (Å²) in [6.45, 7) is 4.54. The average molecular weight is 326 g/mol. The predicted molar refractivity (Wildman–Crippen MR) is 91.6 cm³/mol. The average Bonchev–Trinajstić information content (AvgIpc) is 3.24. The quantitative estimate of drug-likeness (QED) is 0.755. The number of imidazole rings is 1. The van der Waals surface area contributed by atoms with Crippen LogP contribution in [0.3, 0.4) is 0 Å². The minimum Gasteiger partial charge on any atom is -0.351 e. The fourth-order valence-electron chi connectivity index (χ4n) is 2.24. The molecule has 0 bridgehead atoms. The number of aromatic nitrogens is 3. The van der Waals surface area contributed by atoms with Crippen LogP contribution in [0.15, 0.2) is 42.0 Å². The lowest BCUT2D eigenvalue weighted by atomic mass is 10.1. The van der Waals surface area contributed by atoms with Gasteiger partial charge in [-0.15, -0.1) is 11.3 Å². The zero-order valence-electron chi connectivity index (χ0n) is 13.0. The molecule has 0 saturated carbocycles. The number of nitrogens with one attached hydrogen (secondary N) is 2. The predicted octanol–water partition coefficient (Wildman–Crippen LogP) is 3.38. The van der Waals surface area contributed by atoms with Crippen molar-refractivity contribution in [2.45, 2.75) is 19.8 Å². The van der Waals surface area contributed by atoms with E-state index < -0.39 is 0 Å². The molecule has 2 heterocycles. The standard InChI is InChI=1S/C17H18N4OS/c1-11(15-18-7-8-19-15)9-20-16(22)13-3-5-14(6-4-13)17-21-12(2)10-23-17/h3-8,10-11H,9H2,1-2H3,(H,18,19)(H,20,22). The summed E-state index contributed by atoms with van der Waals surface area (Å²) in [7, 11) is 0. The maximum atomic E-state index is 12.2. The topological polar surface area (TPSA) is 70.7 Å². The molecule has 2 N–H and O–H groups in total. The Balaban J connectivity index is 1.61. The SMILES string of the molecule is Cc1csc(-c2ccc(C(=O)NCC(C)c3ncc[nH]3)cc2)n1. The van der Waals surface area contributed by atoms with Gasteiger partial charge >= 0.3 is 0 Å². The normalized spacial score (nSPS) is 12.1. The molecule has 0 aliphatic carbocycles. The van der Waals surface area contributed by atoms with Gasteiger partial charge in [0, 0.05) is 47.1 Å². The number of nitrogens with zero attached hydrogens (tertiary/aromatic N) is 2. The molecule has 5 nitrogen and oxygen atoms in total. The summed E-state index contributed by atoms with van der Waals surface area (Å²) in [5.41, 5.74) is 2.69. The zero-order valence-corrected chi connectivity index (χ0v) is 13.9. The fraction of sp³-hybridized carbons (Fsp3) is 0.235.